The van der Waals surface area contributed by atoms with Crippen molar-refractivity contribution in [3.05, 3.63) is 46.0 Å². The van der Waals surface area contributed by atoms with E-state index in [0.29, 0.717) is 17.5 Å². The summed E-state index contributed by atoms with van der Waals surface area (Å²) in [5, 5.41) is 10.0. The Morgan fingerprint density at radius 1 is 1.08 bits per heavy atom. The summed E-state index contributed by atoms with van der Waals surface area (Å²) >= 11 is 0. The average Bonchev–Trinajstić information content (AvgIpc) is 2.84. The van der Waals surface area contributed by atoms with Crippen LogP contribution in [0.15, 0.2) is 23.1 Å². The van der Waals surface area contributed by atoms with Gasteiger partial charge in [-0.2, -0.15) is 8.42 Å². The molecule has 3 rings (SSSR count). The van der Waals surface area contributed by atoms with Gasteiger partial charge in [-0.15, -0.1) is 0 Å². The second-order valence-electron chi connectivity index (χ2n) is 7.56. The van der Waals surface area contributed by atoms with Crippen molar-refractivity contribution >= 4 is 10.1 Å². The molecule has 0 bridgehead atoms. The van der Waals surface area contributed by atoms with Gasteiger partial charge < -0.3 is 14.0 Å². The number of phenolic OH excluding ortho intramolecular Hbond substituents is 1. The smallest absolute Gasteiger partial charge is 0.339 e. The Bertz CT molecular complexity index is 1000. The molecule has 0 radical (unpaired) electrons. The highest BCUT2D eigenvalue weighted by Gasteiger charge is 2.37. The Hall–Kier alpha value is -2.21. The molecule has 0 aliphatic carbocycles. The van der Waals surface area contributed by atoms with Crippen LogP contribution < -0.4 is 8.92 Å². The molecule has 0 saturated carbocycles. The van der Waals surface area contributed by atoms with E-state index >= 15 is 0 Å². The fraction of sp³-hybridized carbons (Fsp3) is 0.400. The molecule has 1 heterocycles. The number of aromatic hydroxyl groups is 1. The summed E-state index contributed by atoms with van der Waals surface area (Å²) in [5.74, 6) is 0.484. The van der Waals surface area contributed by atoms with Crippen molar-refractivity contribution in [3.8, 4) is 17.2 Å². The lowest BCUT2D eigenvalue weighted by Gasteiger charge is -2.19. The molecule has 0 fully saturated rings. The highest BCUT2D eigenvalue weighted by molar-refractivity contribution is 7.87. The van der Waals surface area contributed by atoms with Crippen molar-refractivity contribution in [3.63, 3.8) is 0 Å². The zero-order chi connectivity index (χ0) is 19.4. The van der Waals surface area contributed by atoms with Crippen LogP contribution in [0, 0.1) is 27.7 Å². The van der Waals surface area contributed by atoms with E-state index in [-0.39, 0.29) is 22.0 Å². The maximum Gasteiger partial charge on any atom is 0.339 e. The van der Waals surface area contributed by atoms with Crippen LogP contribution in [0.2, 0.25) is 0 Å². The van der Waals surface area contributed by atoms with Gasteiger partial charge in [-0.1, -0.05) is 6.07 Å². The Labute approximate surface area is 154 Å². The van der Waals surface area contributed by atoms with Gasteiger partial charge in [0.1, 0.15) is 16.2 Å². The molecule has 1 N–H and O–H groups in total. The zero-order valence-corrected chi connectivity index (χ0v) is 16.7. The van der Waals surface area contributed by atoms with Gasteiger partial charge in [0.2, 0.25) is 0 Å². The van der Waals surface area contributed by atoms with Crippen molar-refractivity contribution < 1.29 is 22.4 Å². The molecule has 0 saturated heterocycles. The van der Waals surface area contributed by atoms with Gasteiger partial charge in [0, 0.05) is 12.0 Å². The monoisotopic (exact) mass is 376 g/mol. The van der Waals surface area contributed by atoms with Crippen LogP contribution >= 0.6 is 0 Å². The first-order chi connectivity index (χ1) is 11.9. The SMILES string of the molecule is Cc1ccc(OS(=O)(=O)c2c(C)c(C)c3c(c2C)CC(C)(C)O3)c(O)c1. The maximum absolute atomic E-state index is 13.0. The van der Waals surface area contributed by atoms with E-state index in [4.69, 9.17) is 8.92 Å². The zero-order valence-electron chi connectivity index (χ0n) is 15.9. The predicted octanol–water partition coefficient (Wildman–Crippen LogP) is 4.11. The standard InChI is InChI=1S/C20H24O5S/c1-11-7-8-17(16(21)9-11)25-26(22,23)19-13(3)12(2)18-15(14(19)4)10-20(5,6)24-18/h7-9,21H,10H2,1-6H3. The largest absolute Gasteiger partial charge is 0.504 e. The Morgan fingerprint density at radius 3 is 2.35 bits per heavy atom. The molecular weight excluding hydrogens is 352 g/mol. The van der Waals surface area contributed by atoms with Gasteiger partial charge in [-0.05, 0) is 75.9 Å². The second-order valence-corrected chi connectivity index (χ2v) is 9.04. The number of aryl methyl sites for hydroxylation is 1. The molecule has 0 atom stereocenters. The van der Waals surface area contributed by atoms with Crippen LogP contribution in [-0.4, -0.2) is 19.1 Å². The normalized spacial score (nSPS) is 15.5. The van der Waals surface area contributed by atoms with Crippen LogP contribution in [0.1, 0.15) is 41.7 Å². The number of hydrogen-bond donors (Lipinski definition) is 1. The summed E-state index contributed by atoms with van der Waals surface area (Å²) in [4.78, 5) is 0.148. The Kier molecular flexibility index (Phi) is 4.22. The minimum Gasteiger partial charge on any atom is -0.504 e. The molecule has 1 aliphatic heterocycles. The van der Waals surface area contributed by atoms with Gasteiger partial charge in [0.25, 0.3) is 0 Å². The van der Waals surface area contributed by atoms with E-state index in [1.165, 1.54) is 12.1 Å². The fourth-order valence-corrected chi connectivity index (χ4v) is 4.96. The third kappa shape index (κ3) is 3.03. The maximum atomic E-state index is 13.0. The van der Waals surface area contributed by atoms with Crippen molar-refractivity contribution in [2.45, 2.75) is 58.5 Å². The lowest BCUT2D eigenvalue weighted by Crippen LogP contribution is -2.24. The lowest BCUT2D eigenvalue weighted by molar-refractivity contribution is 0.137. The molecule has 0 aromatic heterocycles. The number of benzene rings is 2. The van der Waals surface area contributed by atoms with Crippen LogP contribution in [0.3, 0.4) is 0 Å². The molecule has 26 heavy (non-hydrogen) atoms. The number of ether oxygens (including phenoxy) is 1. The molecule has 1 aliphatic rings. The van der Waals surface area contributed by atoms with Crippen LogP contribution in [0.4, 0.5) is 0 Å². The molecule has 0 unspecified atom stereocenters. The first-order valence-corrected chi connectivity index (χ1v) is 9.89. The molecule has 0 spiro atoms. The number of hydrogen-bond acceptors (Lipinski definition) is 5. The van der Waals surface area contributed by atoms with Gasteiger partial charge >= 0.3 is 10.1 Å². The van der Waals surface area contributed by atoms with Crippen LogP contribution in [0.25, 0.3) is 0 Å². The van der Waals surface area contributed by atoms with Crippen molar-refractivity contribution in [2.75, 3.05) is 0 Å². The fourth-order valence-electron chi connectivity index (χ4n) is 3.48. The molecule has 2 aromatic rings. The second kappa shape index (κ2) is 5.91. The predicted molar refractivity (Wildman–Crippen MR) is 99.7 cm³/mol. The highest BCUT2D eigenvalue weighted by Crippen LogP contribution is 2.44. The van der Waals surface area contributed by atoms with Crippen LogP contribution in [-0.2, 0) is 16.5 Å². The van der Waals surface area contributed by atoms with Gasteiger partial charge in [-0.25, -0.2) is 0 Å². The Balaban J connectivity index is 2.13. The van der Waals surface area contributed by atoms with Gasteiger partial charge in [0.05, 0.1) is 0 Å². The summed E-state index contributed by atoms with van der Waals surface area (Å²) < 4.78 is 37.4. The molecule has 6 heteroatoms. The average molecular weight is 376 g/mol. The van der Waals surface area contributed by atoms with Crippen LogP contribution in [0.5, 0.6) is 17.2 Å². The summed E-state index contributed by atoms with van der Waals surface area (Å²) in [7, 11) is -4.11. The molecule has 2 aromatic carbocycles. The topological polar surface area (TPSA) is 72.8 Å². The third-order valence-corrected chi connectivity index (χ3v) is 6.37. The van der Waals surface area contributed by atoms with Crippen molar-refractivity contribution in [1.29, 1.82) is 0 Å². The summed E-state index contributed by atoms with van der Waals surface area (Å²) in [6.45, 7) is 11.2. The minimum absolute atomic E-state index is 0.0795. The number of rotatable bonds is 3. The van der Waals surface area contributed by atoms with E-state index in [1.54, 1.807) is 26.8 Å². The van der Waals surface area contributed by atoms with E-state index in [2.05, 4.69) is 0 Å². The van der Waals surface area contributed by atoms with E-state index in [9.17, 15) is 13.5 Å². The molecule has 5 nitrogen and oxygen atoms in total. The minimum atomic E-state index is -4.11. The highest BCUT2D eigenvalue weighted by atomic mass is 32.2. The van der Waals surface area contributed by atoms with Gasteiger partial charge in [-0.3, -0.25) is 0 Å². The first kappa shape index (κ1) is 18.6. The quantitative estimate of drug-likeness (QED) is 0.816. The van der Waals surface area contributed by atoms with Crippen molar-refractivity contribution in [1.82, 2.24) is 0 Å². The van der Waals surface area contributed by atoms with E-state index in [0.717, 1.165) is 22.4 Å². The number of fused-ring (bicyclic) bond motifs is 1. The summed E-state index contributed by atoms with van der Waals surface area (Å²) in [6.07, 6.45) is 0.633. The third-order valence-electron chi connectivity index (χ3n) is 4.86. The molecule has 0 amide bonds. The number of phenols is 1. The lowest BCUT2D eigenvalue weighted by atomic mass is 9.94. The molecular formula is C20H24O5S. The van der Waals surface area contributed by atoms with E-state index in [1.807, 2.05) is 20.8 Å². The molecule has 140 valence electrons. The van der Waals surface area contributed by atoms with Gasteiger partial charge in [0.15, 0.2) is 11.5 Å². The first-order valence-electron chi connectivity index (χ1n) is 8.49. The van der Waals surface area contributed by atoms with Crippen molar-refractivity contribution in [2.24, 2.45) is 0 Å². The summed E-state index contributed by atoms with van der Waals surface area (Å²) in [6, 6.07) is 4.61. The van der Waals surface area contributed by atoms with E-state index < -0.39 is 10.1 Å². The summed E-state index contributed by atoms with van der Waals surface area (Å²) in [5.41, 5.74) is 3.38. The Morgan fingerprint density at radius 2 is 1.73 bits per heavy atom.